The number of nitrogens with zero attached hydrogens (tertiary/aromatic N) is 1. The van der Waals surface area contributed by atoms with Gasteiger partial charge in [0.2, 0.25) is 0 Å². The van der Waals surface area contributed by atoms with Gasteiger partial charge in [-0.1, -0.05) is 53.5 Å². The van der Waals surface area contributed by atoms with Gasteiger partial charge in [-0.05, 0) is 23.8 Å². The lowest BCUT2D eigenvalue weighted by Gasteiger charge is -2.14. The van der Waals surface area contributed by atoms with Gasteiger partial charge < -0.3 is 4.74 Å². The fraction of sp³-hybridized carbons (Fsp3) is 0.125. The molecule has 1 aliphatic rings. The normalized spacial score (nSPS) is 17.7. The predicted octanol–water partition coefficient (Wildman–Crippen LogP) is 4.66. The Morgan fingerprint density at radius 3 is 2.45 bits per heavy atom. The Morgan fingerprint density at radius 2 is 1.77 bits per heavy atom. The molecule has 0 radical (unpaired) electrons. The summed E-state index contributed by atoms with van der Waals surface area (Å²) in [5, 5.41) is 9.35. The summed E-state index contributed by atoms with van der Waals surface area (Å²) in [6.07, 6.45) is -1.27. The first-order valence-corrected chi connectivity index (χ1v) is 7.37. The second kappa shape index (κ2) is 5.99. The third-order valence-electron chi connectivity index (χ3n) is 3.44. The van der Waals surface area contributed by atoms with Crippen LogP contribution in [0, 0.1) is 5.41 Å². The van der Waals surface area contributed by atoms with E-state index in [0.29, 0.717) is 15.6 Å². The number of ether oxygens (including phenoxy) is 1. The molecule has 0 bridgehead atoms. The molecule has 4 nitrogen and oxygen atoms in total. The number of nitrogens with one attached hydrogen (secondary N) is 1. The van der Waals surface area contributed by atoms with Crippen LogP contribution in [0.4, 0.5) is 4.79 Å². The maximum atomic E-state index is 12.0. The zero-order valence-corrected chi connectivity index (χ0v) is 12.9. The number of hydrogen-bond donors (Lipinski definition) is 1. The maximum absolute atomic E-state index is 12.0. The molecular weight excluding hydrogens is 323 g/mol. The van der Waals surface area contributed by atoms with Crippen LogP contribution in [-0.4, -0.2) is 16.8 Å². The first-order chi connectivity index (χ1) is 10.6. The van der Waals surface area contributed by atoms with Crippen LogP contribution in [0.1, 0.15) is 17.2 Å². The van der Waals surface area contributed by atoms with E-state index in [0.717, 1.165) is 5.56 Å². The van der Waals surface area contributed by atoms with Crippen molar-refractivity contribution in [2.24, 2.45) is 0 Å². The fourth-order valence-electron chi connectivity index (χ4n) is 2.27. The molecule has 3 rings (SSSR count). The lowest BCUT2D eigenvalue weighted by atomic mass is 10.1. The molecule has 2 aromatic rings. The minimum Gasteiger partial charge on any atom is -0.433 e. The van der Waals surface area contributed by atoms with E-state index in [1.807, 2.05) is 18.2 Å². The molecule has 1 N–H and O–H groups in total. The number of amides is 1. The van der Waals surface area contributed by atoms with E-state index in [1.54, 1.807) is 30.3 Å². The minimum atomic E-state index is -0.716. The van der Waals surface area contributed by atoms with Gasteiger partial charge in [0.1, 0.15) is 0 Å². The Kier molecular flexibility index (Phi) is 4.05. The highest BCUT2D eigenvalue weighted by atomic mass is 35.5. The quantitative estimate of drug-likeness (QED) is 0.887. The molecule has 0 spiro atoms. The molecule has 0 saturated carbocycles. The molecule has 1 amide bonds. The second-order valence-electron chi connectivity index (χ2n) is 4.88. The standard InChI is InChI=1S/C16H12Cl2N2O2/c17-12-7-5-10(6-8-12)14-15(19)20(16(21)22-14)9-11-3-1-2-4-13(11)18/h1-8,14,19H,9H2. The molecule has 0 aromatic heterocycles. The number of hydrogen-bond acceptors (Lipinski definition) is 3. The van der Waals surface area contributed by atoms with E-state index in [1.165, 1.54) is 4.90 Å². The second-order valence-corrected chi connectivity index (χ2v) is 5.72. The zero-order chi connectivity index (χ0) is 15.7. The highest BCUT2D eigenvalue weighted by Gasteiger charge is 2.38. The third-order valence-corrected chi connectivity index (χ3v) is 4.06. The molecule has 2 aromatic carbocycles. The van der Waals surface area contributed by atoms with Crippen LogP contribution in [0.25, 0.3) is 0 Å². The molecule has 1 saturated heterocycles. The summed E-state index contributed by atoms with van der Waals surface area (Å²) in [5.74, 6) is 0.0900. The van der Waals surface area contributed by atoms with Gasteiger partial charge in [0.05, 0.1) is 6.54 Å². The Bertz CT molecular complexity index is 731. The molecule has 112 valence electrons. The van der Waals surface area contributed by atoms with E-state index in [-0.39, 0.29) is 12.4 Å². The van der Waals surface area contributed by atoms with Gasteiger partial charge in [-0.25, -0.2) is 4.79 Å². The van der Waals surface area contributed by atoms with E-state index in [2.05, 4.69) is 0 Å². The van der Waals surface area contributed by atoms with Gasteiger partial charge in [-0.2, -0.15) is 0 Å². The molecule has 1 aliphatic heterocycles. The van der Waals surface area contributed by atoms with Crippen LogP contribution in [-0.2, 0) is 11.3 Å². The van der Waals surface area contributed by atoms with E-state index < -0.39 is 12.2 Å². The van der Waals surface area contributed by atoms with Gasteiger partial charge in [0.15, 0.2) is 11.9 Å². The van der Waals surface area contributed by atoms with Gasteiger partial charge in [-0.3, -0.25) is 10.3 Å². The van der Waals surface area contributed by atoms with Crippen LogP contribution in [0.2, 0.25) is 10.0 Å². The predicted molar refractivity (Wildman–Crippen MR) is 85.4 cm³/mol. The number of amidine groups is 1. The van der Waals surface area contributed by atoms with Gasteiger partial charge >= 0.3 is 6.09 Å². The summed E-state index contributed by atoms with van der Waals surface area (Å²) >= 11 is 12.0. The van der Waals surface area contributed by atoms with E-state index in [4.69, 9.17) is 33.3 Å². The Morgan fingerprint density at radius 1 is 1.09 bits per heavy atom. The summed E-state index contributed by atoms with van der Waals surface area (Å²) in [7, 11) is 0. The summed E-state index contributed by atoms with van der Waals surface area (Å²) in [6, 6.07) is 14.1. The van der Waals surface area contributed by atoms with Crippen molar-refractivity contribution in [3.63, 3.8) is 0 Å². The average Bonchev–Trinajstić information content (AvgIpc) is 2.78. The van der Waals surface area contributed by atoms with Crippen molar-refractivity contribution in [2.75, 3.05) is 0 Å². The first-order valence-electron chi connectivity index (χ1n) is 6.61. The van der Waals surface area contributed by atoms with Crippen molar-refractivity contribution >= 4 is 35.1 Å². The Hall–Kier alpha value is -2.04. The van der Waals surface area contributed by atoms with Crippen molar-refractivity contribution in [2.45, 2.75) is 12.6 Å². The molecule has 1 unspecified atom stereocenters. The Balaban J connectivity index is 1.83. The maximum Gasteiger partial charge on any atom is 0.416 e. The van der Waals surface area contributed by atoms with Crippen molar-refractivity contribution < 1.29 is 9.53 Å². The molecule has 1 heterocycles. The Labute approximate surface area is 137 Å². The molecule has 1 fully saturated rings. The van der Waals surface area contributed by atoms with Gasteiger partial charge in [-0.15, -0.1) is 0 Å². The van der Waals surface area contributed by atoms with Gasteiger partial charge in [0.25, 0.3) is 0 Å². The van der Waals surface area contributed by atoms with Gasteiger partial charge in [0, 0.05) is 15.6 Å². The number of cyclic esters (lactones) is 1. The first kappa shape index (κ1) is 14.9. The van der Waals surface area contributed by atoms with Crippen LogP contribution in [0.3, 0.4) is 0 Å². The number of carbonyl (C=O) groups excluding carboxylic acids is 1. The van der Waals surface area contributed by atoms with E-state index in [9.17, 15) is 4.79 Å². The molecular formula is C16H12Cl2N2O2. The van der Waals surface area contributed by atoms with Crippen LogP contribution in [0.5, 0.6) is 0 Å². The van der Waals surface area contributed by atoms with Crippen molar-refractivity contribution in [1.29, 1.82) is 5.41 Å². The van der Waals surface area contributed by atoms with Crippen LogP contribution < -0.4 is 0 Å². The summed E-state index contributed by atoms with van der Waals surface area (Å²) < 4.78 is 5.30. The topological polar surface area (TPSA) is 53.4 Å². The number of benzene rings is 2. The number of carbonyl (C=O) groups is 1. The lowest BCUT2D eigenvalue weighted by Crippen LogP contribution is -2.28. The molecule has 6 heteroatoms. The fourth-order valence-corrected chi connectivity index (χ4v) is 2.59. The largest absolute Gasteiger partial charge is 0.433 e. The van der Waals surface area contributed by atoms with Crippen molar-refractivity contribution in [3.8, 4) is 0 Å². The summed E-state index contributed by atoms with van der Waals surface area (Å²) in [5.41, 5.74) is 1.48. The SMILES string of the molecule is N=C1C(c2ccc(Cl)cc2)OC(=O)N1Cc1ccccc1Cl. The minimum absolute atomic E-state index is 0.0900. The average molecular weight is 335 g/mol. The lowest BCUT2D eigenvalue weighted by molar-refractivity contribution is 0.133. The summed E-state index contributed by atoms with van der Waals surface area (Å²) in [4.78, 5) is 13.3. The number of rotatable bonds is 3. The zero-order valence-electron chi connectivity index (χ0n) is 11.4. The van der Waals surface area contributed by atoms with Crippen LogP contribution >= 0.6 is 23.2 Å². The molecule has 22 heavy (non-hydrogen) atoms. The highest BCUT2D eigenvalue weighted by Crippen LogP contribution is 2.30. The molecule has 1 atom stereocenters. The monoisotopic (exact) mass is 334 g/mol. The third kappa shape index (κ3) is 2.80. The van der Waals surface area contributed by atoms with Crippen molar-refractivity contribution in [1.82, 2.24) is 4.90 Å². The molecule has 0 aliphatic carbocycles. The summed E-state index contributed by atoms with van der Waals surface area (Å²) in [6.45, 7) is 0.210. The van der Waals surface area contributed by atoms with Crippen molar-refractivity contribution in [3.05, 3.63) is 69.7 Å². The van der Waals surface area contributed by atoms with E-state index >= 15 is 0 Å². The smallest absolute Gasteiger partial charge is 0.416 e. The van der Waals surface area contributed by atoms with Crippen LogP contribution in [0.15, 0.2) is 48.5 Å². The number of halogens is 2. The highest BCUT2D eigenvalue weighted by molar-refractivity contribution is 6.31.